The van der Waals surface area contributed by atoms with Gasteiger partial charge in [-0.1, -0.05) is 15.9 Å². The number of hydrogen-bond donors (Lipinski definition) is 1. The van der Waals surface area contributed by atoms with Crippen molar-refractivity contribution in [2.45, 2.75) is 19.4 Å². The molecule has 0 aliphatic carbocycles. The molecule has 0 fully saturated rings. The lowest BCUT2D eigenvalue weighted by Gasteiger charge is -2.35. The van der Waals surface area contributed by atoms with Crippen molar-refractivity contribution in [3.05, 3.63) is 51.9 Å². The zero-order valence-corrected chi connectivity index (χ0v) is 17.7. The van der Waals surface area contributed by atoms with Crippen molar-refractivity contribution >= 4 is 38.9 Å². The molecule has 3 aromatic rings. The lowest BCUT2D eigenvalue weighted by molar-refractivity contribution is 0.0931. The van der Waals surface area contributed by atoms with Gasteiger partial charge in [0.2, 0.25) is 5.95 Å². The second-order valence-electron chi connectivity index (χ2n) is 6.96. The van der Waals surface area contributed by atoms with E-state index in [0.717, 1.165) is 27.7 Å². The van der Waals surface area contributed by atoms with Crippen molar-refractivity contribution in [2.75, 3.05) is 32.1 Å². The van der Waals surface area contributed by atoms with E-state index in [1.165, 1.54) is 10.9 Å². The van der Waals surface area contributed by atoms with Gasteiger partial charge in [0.25, 0.3) is 0 Å². The summed E-state index contributed by atoms with van der Waals surface area (Å²) in [6.07, 6.45) is 4.01. The Morgan fingerprint density at radius 2 is 2.11 bits per heavy atom. The Bertz CT molecular complexity index is 1020. The molecule has 4 rings (SSSR count). The van der Waals surface area contributed by atoms with Crippen molar-refractivity contribution in [2.24, 2.45) is 0 Å². The molecule has 0 spiro atoms. The van der Waals surface area contributed by atoms with Crippen LogP contribution in [0.1, 0.15) is 29.8 Å². The van der Waals surface area contributed by atoms with Crippen molar-refractivity contribution in [3.8, 4) is 0 Å². The minimum Gasteiger partial charge on any atom is -0.450 e. The number of aromatic amines is 1. The van der Waals surface area contributed by atoms with Crippen LogP contribution in [0.3, 0.4) is 0 Å². The van der Waals surface area contributed by atoms with Gasteiger partial charge in [-0.2, -0.15) is 0 Å². The van der Waals surface area contributed by atoms with Gasteiger partial charge in [0.05, 0.1) is 6.61 Å². The minimum atomic E-state index is -0.324. The molecule has 0 radical (unpaired) electrons. The predicted molar refractivity (Wildman–Crippen MR) is 112 cm³/mol. The fourth-order valence-electron chi connectivity index (χ4n) is 3.71. The Morgan fingerprint density at radius 1 is 1.36 bits per heavy atom. The average molecular weight is 444 g/mol. The fourth-order valence-corrected chi connectivity index (χ4v) is 4.07. The third kappa shape index (κ3) is 3.22. The zero-order chi connectivity index (χ0) is 19.8. The molecule has 0 saturated heterocycles. The van der Waals surface area contributed by atoms with Crippen LogP contribution in [0.5, 0.6) is 0 Å². The Morgan fingerprint density at radius 3 is 2.79 bits per heavy atom. The maximum atomic E-state index is 12.7. The van der Waals surface area contributed by atoms with Gasteiger partial charge >= 0.3 is 6.09 Å². The summed E-state index contributed by atoms with van der Waals surface area (Å²) < 4.78 is 6.35. The highest BCUT2D eigenvalue weighted by molar-refractivity contribution is 9.10. The number of hydrogen-bond acceptors (Lipinski definition) is 5. The van der Waals surface area contributed by atoms with Crippen LogP contribution in [-0.4, -0.2) is 53.2 Å². The lowest BCUT2D eigenvalue weighted by Crippen LogP contribution is -2.41. The molecule has 0 saturated carbocycles. The van der Waals surface area contributed by atoms with E-state index in [1.54, 1.807) is 17.3 Å². The number of halogens is 1. The van der Waals surface area contributed by atoms with Gasteiger partial charge in [-0.15, -0.1) is 0 Å². The normalized spacial score (nSPS) is 16.1. The Kier molecular flexibility index (Phi) is 4.97. The summed E-state index contributed by atoms with van der Waals surface area (Å²) in [7, 11) is 3.79. The van der Waals surface area contributed by atoms with Crippen molar-refractivity contribution < 1.29 is 9.53 Å². The van der Waals surface area contributed by atoms with E-state index in [-0.39, 0.29) is 12.1 Å². The molecular weight excluding hydrogens is 422 g/mol. The molecule has 1 aliphatic heterocycles. The number of anilines is 1. The second-order valence-corrected chi connectivity index (χ2v) is 7.88. The number of carbonyl (C=O) groups is 1. The van der Waals surface area contributed by atoms with Crippen LogP contribution in [0.2, 0.25) is 0 Å². The van der Waals surface area contributed by atoms with Crippen molar-refractivity contribution in [1.82, 2.24) is 19.9 Å². The molecule has 1 amide bonds. The second kappa shape index (κ2) is 7.43. The number of carbonyl (C=O) groups excluding carboxylic acids is 1. The standard InChI is InChI=1S/C20H22BrN5O2/c1-4-28-20(27)26-8-7-14-15-9-13(21)5-6-16(15)24-17(14)18(26)12-10-22-19(23-11-12)25(2)3/h5-6,9-11,18,24H,4,7-8H2,1-3H3. The molecule has 1 unspecified atom stereocenters. The van der Waals surface area contributed by atoms with Crippen LogP contribution in [0, 0.1) is 0 Å². The summed E-state index contributed by atoms with van der Waals surface area (Å²) in [6, 6.07) is 5.87. The highest BCUT2D eigenvalue weighted by atomic mass is 79.9. The average Bonchev–Trinajstić information content (AvgIpc) is 3.05. The molecule has 1 aromatic carbocycles. The van der Waals surface area contributed by atoms with Gasteiger partial charge in [-0.25, -0.2) is 14.8 Å². The highest BCUT2D eigenvalue weighted by Crippen LogP contribution is 2.39. The monoisotopic (exact) mass is 443 g/mol. The zero-order valence-electron chi connectivity index (χ0n) is 16.1. The largest absolute Gasteiger partial charge is 0.450 e. The number of amides is 1. The van der Waals surface area contributed by atoms with Gasteiger partial charge in [-0.3, -0.25) is 4.90 Å². The van der Waals surface area contributed by atoms with Crippen LogP contribution in [0.4, 0.5) is 10.7 Å². The number of ether oxygens (including phenoxy) is 1. The molecule has 0 bridgehead atoms. The maximum absolute atomic E-state index is 12.7. The Hall–Kier alpha value is -2.61. The molecule has 146 valence electrons. The molecule has 3 heterocycles. The van der Waals surface area contributed by atoms with E-state index in [4.69, 9.17) is 4.74 Å². The molecular formula is C20H22BrN5O2. The van der Waals surface area contributed by atoms with E-state index in [1.807, 2.05) is 32.0 Å². The van der Waals surface area contributed by atoms with Crippen LogP contribution in [0.15, 0.2) is 35.1 Å². The molecule has 1 aliphatic rings. The molecule has 2 aromatic heterocycles. The molecule has 1 N–H and O–H groups in total. The van der Waals surface area contributed by atoms with Gasteiger partial charge in [0.1, 0.15) is 6.04 Å². The summed E-state index contributed by atoms with van der Waals surface area (Å²) in [6.45, 7) is 2.73. The van der Waals surface area contributed by atoms with E-state index >= 15 is 0 Å². The predicted octanol–water partition coefficient (Wildman–Crippen LogP) is 3.89. The number of nitrogens with zero attached hydrogens (tertiary/aromatic N) is 4. The van der Waals surface area contributed by atoms with Gasteiger partial charge < -0.3 is 14.6 Å². The maximum Gasteiger partial charge on any atom is 0.410 e. The number of aromatic nitrogens is 3. The van der Waals surface area contributed by atoms with E-state index < -0.39 is 0 Å². The van der Waals surface area contributed by atoms with Crippen LogP contribution in [0.25, 0.3) is 10.9 Å². The Balaban J connectivity index is 1.84. The third-order valence-corrected chi connectivity index (χ3v) is 5.46. The fraction of sp³-hybridized carbons (Fsp3) is 0.350. The number of rotatable bonds is 3. The van der Waals surface area contributed by atoms with Gasteiger partial charge in [0, 0.05) is 59.7 Å². The van der Waals surface area contributed by atoms with Crippen molar-refractivity contribution in [3.63, 3.8) is 0 Å². The molecule has 7 nitrogen and oxygen atoms in total. The van der Waals surface area contributed by atoms with Crippen molar-refractivity contribution in [1.29, 1.82) is 0 Å². The third-order valence-electron chi connectivity index (χ3n) is 4.97. The lowest BCUT2D eigenvalue weighted by atomic mass is 9.94. The summed E-state index contributed by atoms with van der Waals surface area (Å²) in [5, 5.41) is 1.17. The van der Waals surface area contributed by atoms with E-state index in [0.29, 0.717) is 19.1 Å². The summed E-state index contributed by atoms with van der Waals surface area (Å²) in [5.74, 6) is 0.628. The smallest absolute Gasteiger partial charge is 0.410 e. The van der Waals surface area contributed by atoms with Crippen LogP contribution in [-0.2, 0) is 11.2 Å². The SMILES string of the molecule is CCOC(=O)N1CCc2c([nH]c3ccc(Br)cc23)C1c1cnc(N(C)C)nc1. The van der Waals surface area contributed by atoms with Gasteiger partial charge in [0.15, 0.2) is 0 Å². The number of benzene rings is 1. The number of nitrogens with one attached hydrogen (secondary N) is 1. The first-order valence-corrected chi connectivity index (χ1v) is 10.0. The van der Waals surface area contributed by atoms with Crippen LogP contribution < -0.4 is 4.90 Å². The van der Waals surface area contributed by atoms with E-state index in [9.17, 15) is 4.79 Å². The number of H-pyrrole nitrogens is 1. The first-order valence-electron chi connectivity index (χ1n) is 9.22. The highest BCUT2D eigenvalue weighted by Gasteiger charge is 2.35. The summed E-state index contributed by atoms with van der Waals surface area (Å²) in [4.78, 5) is 28.7. The first-order chi connectivity index (χ1) is 13.5. The van der Waals surface area contributed by atoms with Gasteiger partial charge in [-0.05, 0) is 37.1 Å². The first kappa shape index (κ1) is 18.7. The molecule has 8 heteroatoms. The number of fused-ring (bicyclic) bond motifs is 3. The minimum absolute atomic E-state index is 0.315. The molecule has 1 atom stereocenters. The summed E-state index contributed by atoms with van der Waals surface area (Å²) in [5.41, 5.74) is 4.12. The van der Waals surface area contributed by atoms with E-state index in [2.05, 4.69) is 43.0 Å². The summed E-state index contributed by atoms with van der Waals surface area (Å²) >= 11 is 3.56. The van der Waals surface area contributed by atoms with Crippen LogP contribution >= 0.6 is 15.9 Å². The Labute approximate surface area is 171 Å². The topological polar surface area (TPSA) is 74.3 Å². The molecule has 28 heavy (non-hydrogen) atoms. The quantitative estimate of drug-likeness (QED) is 0.664.